The van der Waals surface area contributed by atoms with Crippen molar-refractivity contribution in [3.63, 3.8) is 0 Å². The summed E-state index contributed by atoms with van der Waals surface area (Å²) < 4.78 is 153. The largest absolute Gasteiger partial charge is 0.443 e. The van der Waals surface area contributed by atoms with E-state index in [0.717, 1.165) is 131 Å². The van der Waals surface area contributed by atoms with Gasteiger partial charge in [0.25, 0.3) is 0 Å². The van der Waals surface area contributed by atoms with Crippen molar-refractivity contribution in [2.24, 2.45) is 39.4 Å². The molecule has 0 unspecified atom stereocenters. The van der Waals surface area contributed by atoms with Gasteiger partial charge in [-0.05, 0) is 242 Å². The molecule has 8 bridgehead atoms. The number of sulfone groups is 1. The Morgan fingerprint density at radius 2 is 0.738 bits per heavy atom. The predicted molar refractivity (Wildman–Crippen MR) is 533 cm³/mol. The summed E-state index contributed by atoms with van der Waals surface area (Å²) in [4.78, 5) is 46.6. The van der Waals surface area contributed by atoms with Gasteiger partial charge >= 0.3 is 0 Å². The fraction of sp³-hybridized carbons (Fsp3) is 0.354. The van der Waals surface area contributed by atoms with Gasteiger partial charge in [-0.1, -0.05) is 92.6 Å². The highest BCUT2D eigenvalue weighted by Gasteiger charge is 2.69. The first-order chi connectivity index (χ1) is 71.3. The highest BCUT2D eigenvalue weighted by molar-refractivity contribution is 7.89. The number of rotatable bonds is 21. The Morgan fingerprint density at radius 3 is 1.09 bits per heavy atom. The number of aliphatic hydroxyl groups is 1. The van der Waals surface area contributed by atoms with E-state index in [4.69, 9.17) is 39.3 Å². The Bertz CT molecular complexity index is 7940. The molecule has 4 aromatic carbocycles. The molecule has 12 heterocycles. The number of aromatic nitrogens is 20. The van der Waals surface area contributed by atoms with Crippen molar-refractivity contribution in [1.29, 1.82) is 10.5 Å². The SMILES string of the molecule is CC1(C)[C@H]2CC[C@]1(c1cncc(-c3ccnc(CS(C)(=O)=O)c3)n1)c1nnc(-c3c(F)cccc3F)cc12.C[C@@H](C#N)Cc1coc(-c2cncc([C@@]34CC[C@@H](c5cc(-c6c(F)cccc6F)nnc53)C4(C)C)n2)n1.C[C@H](C#N)Cc1coc(-c2cncc([C@@]34CC[C@@H](c5cc(-c6c(F)cccc6F)nnc53)C4(C)C)n2)n1.C[C@H](CO)Cn1ccc(-c2cccc([C@@]34CC[C@@H](c5cc(-c6c(F)cccc6F)nnc53)C4(C)C)n2)n1. The molecule has 4 fully saturated rings. The van der Waals surface area contributed by atoms with Gasteiger partial charge < -0.3 is 13.9 Å². The Kier molecular flexibility index (Phi) is 25.1. The zero-order valence-corrected chi connectivity index (χ0v) is 84.4. The molecule has 0 saturated heterocycles. The van der Waals surface area contributed by atoms with Crippen molar-refractivity contribution < 1.29 is 57.5 Å². The first-order valence-corrected chi connectivity index (χ1v) is 51.6. The van der Waals surface area contributed by atoms with E-state index in [9.17, 15) is 48.6 Å². The van der Waals surface area contributed by atoms with E-state index in [1.807, 2.05) is 62.0 Å². The number of fused-ring (bicyclic) bond motifs is 20. The normalized spacial score (nSPS) is 21.9. The second kappa shape index (κ2) is 37.5. The molecule has 0 amide bonds. The highest BCUT2D eigenvalue weighted by atomic mass is 32.2. The molecule has 16 aromatic rings. The predicted octanol–water partition coefficient (Wildman–Crippen LogP) is 22.1. The summed E-state index contributed by atoms with van der Waals surface area (Å²) in [5, 5.41) is 67.8. The maximum Gasteiger partial charge on any atom is 0.246 e. The number of oxazole rings is 2. The minimum absolute atomic E-state index is 0.105. The van der Waals surface area contributed by atoms with Crippen LogP contribution in [0, 0.1) is 109 Å². The van der Waals surface area contributed by atoms with Crippen LogP contribution >= 0.6 is 0 Å². The molecule has 1 N–H and O–H groups in total. The summed E-state index contributed by atoms with van der Waals surface area (Å²) in [6.07, 6.45) is 25.6. The average molecular weight is 2030 g/mol. The minimum Gasteiger partial charge on any atom is -0.443 e. The molecule has 756 valence electrons. The van der Waals surface area contributed by atoms with Crippen molar-refractivity contribution in [3.8, 4) is 103 Å². The number of nitriles is 2. The third kappa shape index (κ3) is 16.3. The highest BCUT2D eigenvalue weighted by Crippen LogP contribution is 2.74. The number of benzene rings is 4. The van der Waals surface area contributed by atoms with Gasteiger partial charge in [0.15, 0.2) is 9.84 Å². The molecule has 149 heavy (non-hydrogen) atoms. The molecule has 0 aliphatic heterocycles. The summed E-state index contributed by atoms with van der Waals surface area (Å²) in [6, 6.07) is 38.1. The van der Waals surface area contributed by atoms with Crippen LogP contribution in [0.1, 0.15) is 236 Å². The van der Waals surface area contributed by atoms with Gasteiger partial charge in [0.05, 0.1) is 177 Å². The number of hydrogen-bond acceptors (Lipinski definition) is 26. The van der Waals surface area contributed by atoms with E-state index in [2.05, 4.69) is 143 Å². The lowest BCUT2D eigenvalue weighted by Crippen LogP contribution is -2.38. The van der Waals surface area contributed by atoms with E-state index in [-0.39, 0.29) is 120 Å². The van der Waals surface area contributed by atoms with Crippen LogP contribution in [0.25, 0.3) is 90.8 Å². The van der Waals surface area contributed by atoms with Crippen LogP contribution in [0.5, 0.6) is 0 Å². The topological polar surface area (TPSA) is 378 Å². The lowest BCUT2D eigenvalue weighted by molar-refractivity contribution is 0.219. The van der Waals surface area contributed by atoms with Crippen molar-refractivity contribution >= 4 is 9.84 Å². The van der Waals surface area contributed by atoms with E-state index >= 15 is 0 Å². The fourth-order valence-corrected chi connectivity index (χ4v) is 26.3. The number of halogens is 8. The molecule has 12 aromatic heterocycles. The summed E-state index contributed by atoms with van der Waals surface area (Å²) >= 11 is 0. The van der Waals surface area contributed by atoms with Gasteiger partial charge in [-0.2, -0.15) is 36.0 Å². The number of pyridine rings is 2. The van der Waals surface area contributed by atoms with Crippen LogP contribution in [0.3, 0.4) is 0 Å². The summed E-state index contributed by atoms with van der Waals surface area (Å²) in [6.45, 7) is 23.9. The first kappa shape index (κ1) is 99.7. The number of hydrogen-bond donors (Lipinski definition) is 1. The Labute approximate surface area is 853 Å². The third-order valence-corrected chi connectivity index (χ3v) is 33.9. The van der Waals surface area contributed by atoms with E-state index in [1.54, 1.807) is 86.2 Å². The van der Waals surface area contributed by atoms with Gasteiger partial charge in [0.2, 0.25) is 11.8 Å². The van der Waals surface area contributed by atoms with E-state index in [0.29, 0.717) is 70.9 Å². The van der Waals surface area contributed by atoms with Crippen molar-refractivity contribution in [1.82, 2.24) is 100 Å². The second-order valence-corrected chi connectivity index (χ2v) is 44.9. The maximum atomic E-state index is 14.5. The van der Waals surface area contributed by atoms with Crippen LogP contribution in [-0.2, 0) is 56.6 Å². The molecule has 11 atom stereocenters. The van der Waals surface area contributed by atoms with Gasteiger partial charge in [-0.25, -0.2) is 68.5 Å². The molecule has 24 rings (SSSR count). The molecule has 27 nitrogen and oxygen atoms in total. The monoisotopic (exact) mass is 2030 g/mol. The molecular weight excluding hydrogens is 1930 g/mol. The zero-order chi connectivity index (χ0) is 105. The van der Waals surface area contributed by atoms with Crippen LogP contribution in [-0.4, -0.2) is 127 Å². The van der Waals surface area contributed by atoms with Crippen molar-refractivity contribution in [2.75, 3.05) is 12.9 Å². The molecule has 36 heteroatoms. The smallest absolute Gasteiger partial charge is 0.246 e. The van der Waals surface area contributed by atoms with E-state index in [1.165, 1.54) is 79.1 Å². The Balaban J connectivity index is 0.000000116. The zero-order valence-electron chi connectivity index (χ0n) is 83.6. The second-order valence-electron chi connectivity index (χ2n) is 42.7. The van der Waals surface area contributed by atoms with Gasteiger partial charge in [0.1, 0.15) is 76.1 Å². The summed E-state index contributed by atoms with van der Waals surface area (Å²) in [5.74, 6) is -4.52. The Morgan fingerprint density at radius 1 is 0.403 bits per heavy atom. The third-order valence-electron chi connectivity index (χ3n) is 33.1. The van der Waals surface area contributed by atoms with Gasteiger partial charge in [-0.3, -0.25) is 29.6 Å². The first-order valence-electron chi connectivity index (χ1n) is 49.5. The van der Waals surface area contributed by atoms with E-state index < -0.39 is 78.0 Å². The number of aliphatic hydroxyl groups excluding tert-OH is 1. The standard InChI is InChI=1S/C29H29F2N5O.2C28H24F2N6O.C28H25F2N5O2S/c1-17(16-37)15-36-13-11-23(35-36)22-8-5-9-25(32-22)29-12-10-19(28(29,2)3)18-14-24(33-34-27(18)29)26-20(30)6-4-7-21(26)31;2*1-15(11-31)9-16-14-37-26(33-16)22-12-32-13-23(34-22)28-8-7-18(27(28,2)3)17-10-21(35-36-25(17)28)24-19(29)5-4-6-20(24)30;1-27(2)19-7-9-28(27,26-18(19)12-22(34-35-26)25-20(29)5-4-6-21(25)30)24-14-31-13-23(33-24)16-8-10-32-17(11-16)15-38(3,36)37/h4-9,11,13-14,17,19,37H,10,12,15-16H2,1-3H3;2*4-6,10,12-15,18H,7-9H2,1-3H3;4-6,8,10-14,19H,7,9,15H2,1-3H3/t17-,19-,29-;15-,18+,28+;15-,18-,28-;19-,28-/m0100/s1. The molecule has 8 aliphatic carbocycles. The summed E-state index contributed by atoms with van der Waals surface area (Å²) in [7, 11) is -3.24. The average Bonchev–Trinajstić information content (AvgIpc) is 1.53. The Hall–Kier alpha value is -15.3. The lowest BCUT2D eigenvalue weighted by atomic mass is 9.66. The molecule has 4 saturated carbocycles. The van der Waals surface area contributed by atoms with Gasteiger partial charge in [0, 0.05) is 80.6 Å². The molecular formula is C113H102F8N22O5S. The van der Waals surface area contributed by atoms with Crippen LogP contribution < -0.4 is 0 Å². The van der Waals surface area contributed by atoms with Crippen molar-refractivity contribution in [2.45, 2.75) is 198 Å². The quantitative estimate of drug-likeness (QED) is 0.0653. The van der Waals surface area contributed by atoms with Crippen LogP contribution in [0.4, 0.5) is 35.1 Å². The van der Waals surface area contributed by atoms with Crippen molar-refractivity contribution in [3.05, 3.63) is 327 Å². The molecule has 8 aliphatic rings. The minimum atomic E-state index is -3.24. The maximum absolute atomic E-state index is 14.5. The summed E-state index contributed by atoms with van der Waals surface area (Å²) in [5.41, 5.74) is 12.6. The van der Waals surface area contributed by atoms with Crippen LogP contribution in [0.15, 0.2) is 204 Å². The number of nitrogens with zero attached hydrogens (tertiary/aromatic N) is 22. The fourth-order valence-electron chi connectivity index (χ4n) is 25.6. The van der Waals surface area contributed by atoms with Gasteiger partial charge in [-0.15, -0.1) is 20.4 Å². The lowest BCUT2D eigenvalue weighted by Gasteiger charge is -2.37. The van der Waals surface area contributed by atoms with Crippen LogP contribution in [0.2, 0.25) is 0 Å². The molecule has 0 spiro atoms. The molecule has 0 radical (unpaired) electrons.